The van der Waals surface area contributed by atoms with Gasteiger partial charge in [0.15, 0.2) is 12.4 Å². The smallest absolute Gasteiger partial charge is 0.342 e. The summed E-state index contributed by atoms with van der Waals surface area (Å²) in [6.07, 6.45) is 1.69. The number of rotatable bonds is 7. The predicted octanol–water partition coefficient (Wildman–Crippen LogP) is 2.45. The van der Waals surface area contributed by atoms with E-state index in [1.54, 1.807) is 42.5 Å². The summed E-state index contributed by atoms with van der Waals surface area (Å²) in [5.41, 5.74) is 2.00. The summed E-state index contributed by atoms with van der Waals surface area (Å²) >= 11 is 0. The maximum absolute atomic E-state index is 12.4. The Morgan fingerprint density at radius 2 is 1.89 bits per heavy atom. The minimum atomic E-state index is -3.34. The van der Waals surface area contributed by atoms with Crippen molar-refractivity contribution in [1.29, 1.82) is 0 Å². The fourth-order valence-electron chi connectivity index (χ4n) is 3.10. The van der Waals surface area contributed by atoms with Crippen molar-refractivity contribution in [3.63, 3.8) is 0 Å². The van der Waals surface area contributed by atoms with Gasteiger partial charge in [-0.25, -0.2) is 13.2 Å². The highest BCUT2D eigenvalue weighted by atomic mass is 32.2. The first-order valence-electron chi connectivity index (χ1n) is 8.84. The number of carbonyl (C=O) groups is 2. The quantitative estimate of drug-likeness (QED) is 0.521. The third-order valence-corrected chi connectivity index (χ3v) is 5.58. The standard InChI is InChI=1S/C20H21NO6S/c1-3-26-19-7-5-4-6-16(19)20(23)27-13-18(22)15-8-9-17-14(12-15)10-11-21(17)28(2,24)25/h4-9,12H,3,10-11,13H2,1-2H3. The van der Waals surface area contributed by atoms with Gasteiger partial charge in [0.25, 0.3) is 0 Å². The Bertz CT molecular complexity index is 1020. The highest BCUT2D eigenvalue weighted by molar-refractivity contribution is 7.92. The van der Waals surface area contributed by atoms with Crippen LogP contribution in [0, 0.1) is 0 Å². The van der Waals surface area contributed by atoms with Gasteiger partial charge in [0.05, 0.1) is 18.6 Å². The predicted molar refractivity (Wildman–Crippen MR) is 105 cm³/mol. The molecule has 8 heteroatoms. The molecule has 1 heterocycles. The summed E-state index contributed by atoms with van der Waals surface area (Å²) in [7, 11) is -3.34. The summed E-state index contributed by atoms with van der Waals surface area (Å²) in [5, 5.41) is 0. The van der Waals surface area contributed by atoms with Crippen molar-refractivity contribution in [2.75, 3.05) is 30.3 Å². The number of hydrogen-bond acceptors (Lipinski definition) is 6. The van der Waals surface area contributed by atoms with Crippen molar-refractivity contribution < 1.29 is 27.5 Å². The van der Waals surface area contributed by atoms with Gasteiger partial charge in [-0.2, -0.15) is 0 Å². The lowest BCUT2D eigenvalue weighted by Crippen LogP contribution is -2.27. The number of benzene rings is 2. The number of sulfonamides is 1. The number of para-hydroxylation sites is 1. The van der Waals surface area contributed by atoms with Gasteiger partial charge < -0.3 is 9.47 Å². The maximum atomic E-state index is 12.4. The molecule has 0 fully saturated rings. The van der Waals surface area contributed by atoms with E-state index in [2.05, 4.69) is 0 Å². The number of anilines is 1. The first kappa shape index (κ1) is 19.9. The molecule has 1 aliphatic heterocycles. The van der Waals surface area contributed by atoms with Crippen LogP contribution in [0.15, 0.2) is 42.5 Å². The number of nitrogens with zero attached hydrogens (tertiary/aromatic N) is 1. The van der Waals surface area contributed by atoms with Crippen LogP contribution in [0.1, 0.15) is 33.2 Å². The van der Waals surface area contributed by atoms with Crippen LogP contribution >= 0.6 is 0 Å². The fraction of sp³-hybridized carbons (Fsp3) is 0.300. The van der Waals surface area contributed by atoms with Crippen LogP contribution in [0.2, 0.25) is 0 Å². The van der Waals surface area contributed by atoms with Gasteiger partial charge in [-0.15, -0.1) is 0 Å². The van der Waals surface area contributed by atoms with E-state index in [4.69, 9.17) is 9.47 Å². The fourth-order valence-corrected chi connectivity index (χ4v) is 4.06. The molecule has 148 valence electrons. The van der Waals surface area contributed by atoms with E-state index in [1.807, 2.05) is 6.92 Å². The Balaban J connectivity index is 1.69. The Kier molecular flexibility index (Phi) is 5.69. The third kappa shape index (κ3) is 4.17. The lowest BCUT2D eigenvalue weighted by Gasteiger charge is -2.16. The van der Waals surface area contributed by atoms with E-state index in [0.29, 0.717) is 36.6 Å². The molecule has 0 aliphatic carbocycles. The molecule has 0 atom stereocenters. The lowest BCUT2D eigenvalue weighted by molar-refractivity contribution is 0.0471. The average Bonchev–Trinajstić information content (AvgIpc) is 3.10. The molecule has 0 saturated heterocycles. The lowest BCUT2D eigenvalue weighted by atomic mass is 10.1. The molecule has 0 radical (unpaired) electrons. The Morgan fingerprint density at radius 1 is 1.14 bits per heavy atom. The van der Waals surface area contributed by atoms with Crippen molar-refractivity contribution >= 4 is 27.5 Å². The normalized spacial score (nSPS) is 13.1. The minimum Gasteiger partial charge on any atom is -0.493 e. The summed E-state index contributed by atoms with van der Waals surface area (Å²) in [6, 6.07) is 11.5. The van der Waals surface area contributed by atoms with Crippen LogP contribution in [-0.2, 0) is 21.2 Å². The molecule has 0 bridgehead atoms. The molecule has 0 saturated carbocycles. The van der Waals surface area contributed by atoms with Crippen molar-refractivity contribution in [1.82, 2.24) is 0 Å². The van der Waals surface area contributed by atoms with Gasteiger partial charge in [0.1, 0.15) is 11.3 Å². The molecule has 2 aromatic rings. The number of ketones is 1. The summed E-state index contributed by atoms with van der Waals surface area (Å²) in [6.45, 7) is 2.16. The van der Waals surface area contributed by atoms with Gasteiger partial charge in [0, 0.05) is 12.1 Å². The molecule has 28 heavy (non-hydrogen) atoms. The molecule has 7 nitrogen and oxygen atoms in total. The Hall–Kier alpha value is -2.87. The number of ether oxygens (including phenoxy) is 2. The largest absolute Gasteiger partial charge is 0.493 e. The average molecular weight is 403 g/mol. The van der Waals surface area contributed by atoms with Crippen LogP contribution in [-0.4, -0.2) is 46.2 Å². The Morgan fingerprint density at radius 3 is 2.61 bits per heavy atom. The molecule has 0 amide bonds. The van der Waals surface area contributed by atoms with Crippen molar-refractivity contribution in [3.05, 3.63) is 59.2 Å². The number of esters is 1. The second kappa shape index (κ2) is 8.02. The maximum Gasteiger partial charge on any atom is 0.342 e. The Labute approximate surface area is 163 Å². The summed E-state index contributed by atoms with van der Waals surface area (Å²) in [4.78, 5) is 24.7. The van der Waals surface area contributed by atoms with E-state index in [-0.39, 0.29) is 11.3 Å². The van der Waals surface area contributed by atoms with Gasteiger partial charge >= 0.3 is 5.97 Å². The molecule has 3 rings (SSSR count). The second-order valence-electron chi connectivity index (χ2n) is 6.36. The van der Waals surface area contributed by atoms with E-state index in [9.17, 15) is 18.0 Å². The summed E-state index contributed by atoms with van der Waals surface area (Å²) < 4.78 is 35.5. The zero-order chi connectivity index (χ0) is 20.3. The van der Waals surface area contributed by atoms with E-state index in [0.717, 1.165) is 11.8 Å². The molecule has 0 aromatic heterocycles. The zero-order valence-electron chi connectivity index (χ0n) is 15.7. The summed E-state index contributed by atoms with van der Waals surface area (Å²) in [5.74, 6) is -0.592. The first-order valence-corrected chi connectivity index (χ1v) is 10.7. The van der Waals surface area contributed by atoms with Crippen LogP contribution < -0.4 is 9.04 Å². The first-order chi connectivity index (χ1) is 13.3. The van der Waals surface area contributed by atoms with Crippen LogP contribution in [0.4, 0.5) is 5.69 Å². The van der Waals surface area contributed by atoms with Crippen molar-refractivity contribution in [3.8, 4) is 5.75 Å². The number of fused-ring (bicyclic) bond motifs is 1. The van der Waals surface area contributed by atoms with Crippen LogP contribution in [0.25, 0.3) is 0 Å². The topological polar surface area (TPSA) is 90.0 Å². The number of carbonyl (C=O) groups excluding carboxylic acids is 2. The van der Waals surface area contributed by atoms with E-state index >= 15 is 0 Å². The van der Waals surface area contributed by atoms with Crippen LogP contribution in [0.3, 0.4) is 0 Å². The minimum absolute atomic E-state index is 0.259. The third-order valence-electron chi connectivity index (χ3n) is 4.40. The molecular weight excluding hydrogens is 382 g/mol. The molecule has 0 spiro atoms. The molecule has 0 unspecified atom stereocenters. The van der Waals surface area contributed by atoms with Gasteiger partial charge in [-0.05, 0) is 49.2 Å². The monoisotopic (exact) mass is 403 g/mol. The molecular formula is C20H21NO6S. The van der Waals surface area contributed by atoms with E-state index in [1.165, 1.54) is 4.31 Å². The van der Waals surface area contributed by atoms with Crippen LogP contribution in [0.5, 0.6) is 5.75 Å². The van der Waals surface area contributed by atoms with Gasteiger partial charge in [-0.3, -0.25) is 9.10 Å². The van der Waals surface area contributed by atoms with Gasteiger partial charge in [0.2, 0.25) is 10.0 Å². The SMILES string of the molecule is CCOc1ccccc1C(=O)OCC(=O)c1ccc2c(c1)CCN2S(C)(=O)=O. The highest BCUT2D eigenvalue weighted by Crippen LogP contribution is 2.30. The number of Topliss-reactive ketones (excluding diaryl/α,β-unsaturated/α-hetero) is 1. The zero-order valence-corrected chi connectivity index (χ0v) is 16.5. The van der Waals surface area contributed by atoms with Gasteiger partial charge in [-0.1, -0.05) is 12.1 Å². The second-order valence-corrected chi connectivity index (χ2v) is 8.26. The van der Waals surface area contributed by atoms with Crippen molar-refractivity contribution in [2.45, 2.75) is 13.3 Å². The molecule has 2 aromatic carbocycles. The number of hydrogen-bond donors (Lipinski definition) is 0. The van der Waals surface area contributed by atoms with E-state index < -0.39 is 22.6 Å². The highest BCUT2D eigenvalue weighted by Gasteiger charge is 2.27. The molecule has 1 aliphatic rings. The van der Waals surface area contributed by atoms with Crippen molar-refractivity contribution in [2.24, 2.45) is 0 Å². The molecule has 0 N–H and O–H groups in total.